The van der Waals surface area contributed by atoms with E-state index < -0.39 is 0 Å². The molecule has 0 radical (unpaired) electrons. The first-order chi connectivity index (χ1) is 3.56. The van der Waals surface area contributed by atoms with E-state index in [1.807, 2.05) is 20.8 Å². The molecule has 0 heterocycles. The summed E-state index contributed by atoms with van der Waals surface area (Å²) in [4.78, 5) is 3.16. The van der Waals surface area contributed by atoms with Crippen molar-refractivity contribution in [3.05, 3.63) is 11.4 Å². The minimum Gasteiger partial charge on any atom is -0.300 e. The monoisotopic (exact) mass is 112 g/mol. The van der Waals surface area contributed by atoms with Crippen molar-refractivity contribution in [3.8, 4) is 0 Å². The van der Waals surface area contributed by atoms with Crippen molar-refractivity contribution < 1.29 is 0 Å². The van der Waals surface area contributed by atoms with Gasteiger partial charge in [0.15, 0.2) is 0 Å². The fourth-order valence-corrected chi connectivity index (χ4v) is 0.277. The quantitative estimate of drug-likeness (QED) is 0.505. The third-order valence-electron chi connectivity index (χ3n) is 0.688. The van der Waals surface area contributed by atoms with Crippen LogP contribution in [-0.2, 0) is 0 Å². The van der Waals surface area contributed by atoms with Crippen LogP contribution in [-0.4, -0.2) is 12.2 Å². The number of nitrogens with one attached hydrogen (secondary N) is 1. The Morgan fingerprint density at radius 1 is 1.50 bits per heavy atom. The summed E-state index contributed by atoms with van der Waals surface area (Å²) >= 11 is 0. The lowest BCUT2D eigenvalue weighted by molar-refractivity contribution is 0.449. The van der Waals surface area contributed by atoms with Crippen molar-refractivity contribution in [1.82, 2.24) is 5.32 Å². The van der Waals surface area contributed by atoms with Crippen molar-refractivity contribution in [3.63, 3.8) is 0 Å². The van der Waals surface area contributed by atoms with Gasteiger partial charge in [-0.3, -0.25) is 4.85 Å². The molecule has 46 valence electrons. The van der Waals surface area contributed by atoms with Crippen molar-refractivity contribution >= 4 is 0 Å². The molecule has 0 bridgehead atoms. The second-order valence-electron chi connectivity index (χ2n) is 2.74. The Morgan fingerprint density at radius 3 is 2.12 bits per heavy atom. The lowest BCUT2D eigenvalue weighted by Gasteiger charge is -2.15. The maximum Gasteiger partial charge on any atom is 0.268 e. The largest absolute Gasteiger partial charge is 0.300 e. The van der Waals surface area contributed by atoms with Crippen molar-refractivity contribution in [2.45, 2.75) is 26.3 Å². The molecule has 8 heavy (non-hydrogen) atoms. The van der Waals surface area contributed by atoms with Gasteiger partial charge in [-0.25, -0.2) is 11.9 Å². The minimum absolute atomic E-state index is 0.0878. The lowest BCUT2D eigenvalue weighted by Crippen LogP contribution is -2.35. The molecule has 0 spiro atoms. The second kappa shape index (κ2) is 2.68. The molecule has 0 fully saturated rings. The maximum absolute atomic E-state index is 6.45. The highest BCUT2D eigenvalue weighted by atomic mass is 15.0. The summed E-state index contributed by atoms with van der Waals surface area (Å²) in [5.74, 6) is 0. The number of hydrogen-bond donors (Lipinski definition) is 1. The van der Waals surface area contributed by atoms with Crippen molar-refractivity contribution in [2.24, 2.45) is 0 Å². The molecule has 0 aromatic heterocycles. The molecule has 0 aliphatic heterocycles. The molecule has 0 aromatic rings. The number of hydrogen-bond acceptors (Lipinski definition) is 1. The van der Waals surface area contributed by atoms with E-state index in [1.165, 1.54) is 0 Å². The number of nitrogens with zero attached hydrogens (tertiary/aromatic N) is 1. The van der Waals surface area contributed by atoms with Crippen LogP contribution in [0, 0.1) is 6.57 Å². The van der Waals surface area contributed by atoms with Gasteiger partial charge in [0.1, 0.15) is 0 Å². The average Bonchev–Trinajstić information content (AvgIpc) is 1.59. The zero-order valence-electron chi connectivity index (χ0n) is 5.65. The predicted molar refractivity (Wildman–Crippen MR) is 34.4 cm³/mol. The van der Waals surface area contributed by atoms with Gasteiger partial charge in [-0.05, 0) is 20.8 Å². The maximum atomic E-state index is 6.45. The van der Waals surface area contributed by atoms with Gasteiger partial charge in [-0.2, -0.15) is 0 Å². The predicted octanol–water partition coefficient (Wildman–Crippen LogP) is 1.25. The molecule has 0 atom stereocenters. The normalized spacial score (nSPS) is 10.8. The topological polar surface area (TPSA) is 16.4 Å². The second-order valence-corrected chi connectivity index (χ2v) is 2.74. The Balaban J connectivity index is 3.28. The highest BCUT2D eigenvalue weighted by Gasteiger charge is 2.07. The smallest absolute Gasteiger partial charge is 0.268 e. The molecule has 0 saturated carbocycles. The fraction of sp³-hybridized carbons (Fsp3) is 0.833. The molecule has 2 heteroatoms. The van der Waals surface area contributed by atoms with Crippen molar-refractivity contribution in [1.29, 1.82) is 0 Å². The molecule has 0 aliphatic carbocycles. The van der Waals surface area contributed by atoms with Crippen LogP contribution in [0.5, 0.6) is 0 Å². The van der Waals surface area contributed by atoms with Gasteiger partial charge in [-0.15, -0.1) is 0 Å². The highest BCUT2D eigenvalue weighted by molar-refractivity contribution is 4.72. The zero-order valence-corrected chi connectivity index (χ0v) is 5.65. The Bertz CT molecular complexity index is 94.1. The molecular formula is C6H12N2. The summed E-state index contributed by atoms with van der Waals surface area (Å²) < 4.78 is 0. The van der Waals surface area contributed by atoms with E-state index in [0.29, 0.717) is 6.67 Å². The minimum atomic E-state index is 0.0878. The van der Waals surface area contributed by atoms with Gasteiger partial charge in [0, 0.05) is 5.54 Å². The van der Waals surface area contributed by atoms with E-state index in [4.69, 9.17) is 6.57 Å². The van der Waals surface area contributed by atoms with Gasteiger partial charge in [0.25, 0.3) is 6.67 Å². The molecule has 0 aromatic carbocycles. The summed E-state index contributed by atoms with van der Waals surface area (Å²) in [6.45, 7) is 13.0. The standard InChI is InChI=1S/C6H12N2/c1-6(2,3)8-5-7-4/h8H,5H2,1-3H3. The molecule has 0 unspecified atom stereocenters. The van der Waals surface area contributed by atoms with Gasteiger partial charge >= 0.3 is 0 Å². The van der Waals surface area contributed by atoms with Crippen molar-refractivity contribution in [2.75, 3.05) is 6.67 Å². The van der Waals surface area contributed by atoms with Crippen LogP contribution < -0.4 is 5.32 Å². The summed E-state index contributed by atoms with van der Waals surface area (Å²) in [6.07, 6.45) is 0. The summed E-state index contributed by atoms with van der Waals surface area (Å²) in [6, 6.07) is 0. The van der Waals surface area contributed by atoms with Crippen LogP contribution in [0.3, 0.4) is 0 Å². The van der Waals surface area contributed by atoms with E-state index >= 15 is 0 Å². The Labute approximate surface area is 50.7 Å². The van der Waals surface area contributed by atoms with Crippen LogP contribution in [0.4, 0.5) is 0 Å². The highest BCUT2D eigenvalue weighted by Crippen LogP contribution is 1.96. The number of rotatable bonds is 1. The Morgan fingerprint density at radius 2 is 2.00 bits per heavy atom. The first-order valence-electron chi connectivity index (χ1n) is 2.64. The van der Waals surface area contributed by atoms with Crippen LogP contribution >= 0.6 is 0 Å². The van der Waals surface area contributed by atoms with Gasteiger partial charge in [-0.1, -0.05) is 0 Å². The molecule has 1 N–H and O–H groups in total. The Kier molecular flexibility index (Phi) is 2.50. The molecule has 0 saturated heterocycles. The molecule has 0 rings (SSSR count). The van der Waals surface area contributed by atoms with Crippen LogP contribution in [0.25, 0.3) is 4.85 Å². The van der Waals surface area contributed by atoms with Crippen LogP contribution in [0.2, 0.25) is 0 Å². The zero-order chi connectivity index (χ0) is 6.62. The molecule has 0 amide bonds. The third-order valence-corrected chi connectivity index (χ3v) is 0.688. The van der Waals surface area contributed by atoms with Gasteiger partial charge in [0.2, 0.25) is 0 Å². The summed E-state index contributed by atoms with van der Waals surface area (Å²) in [7, 11) is 0. The fourth-order valence-electron chi connectivity index (χ4n) is 0.277. The average molecular weight is 112 g/mol. The third kappa shape index (κ3) is 5.45. The first-order valence-corrected chi connectivity index (χ1v) is 2.64. The summed E-state index contributed by atoms with van der Waals surface area (Å²) in [5.41, 5.74) is 0.0878. The van der Waals surface area contributed by atoms with Crippen LogP contribution in [0.15, 0.2) is 0 Å². The van der Waals surface area contributed by atoms with Gasteiger partial charge in [0.05, 0.1) is 0 Å². The molecule has 0 aliphatic rings. The van der Waals surface area contributed by atoms with E-state index in [9.17, 15) is 0 Å². The first kappa shape index (κ1) is 7.45. The lowest BCUT2D eigenvalue weighted by atomic mass is 10.1. The SMILES string of the molecule is [C-]#[N+]CNC(C)(C)C. The van der Waals surface area contributed by atoms with Gasteiger partial charge < -0.3 is 0 Å². The van der Waals surface area contributed by atoms with E-state index in [1.54, 1.807) is 0 Å². The van der Waals surface area contributed by atoms with E-state index in [-0.39, 0.29) is 5.54 Å². The Hall–Kier alpha value is -0.550. The van der Waals surface area contributed by atoms with E-state index in [2.05, 4.69) is 10.2 Å². The van der Waals surface area contributed by atoms with Crippen LogP contribution in [0.1, 0.15) is 20.8 Å². The molecule has 2 nitrogen and oxygen atoms in total. The summed E-state index contributed by atoms with van der Waals surface area (Å²) in [5, 5.41) is 3.02. The van der Waals surface area contributed by atoms with E-state index in [0.717, 1.165) is 0 Å². The molecular weight excluding hydrogens is 100 g/mol.